The van der Waals surface area contributed by atoms with Gasteiger partial charge in [0.25, 0.3) is 5.91 Å². The Morgan fingerprint density at radius 3 is 2.91 bits per heavy atom. The fourth-order valence-corrected chi connectivity index (χ4v) is 4.10. The maximum atomic E-state index is 11.9. The third-order valence-corrected chi connectivity index (χ3v) is 4.67. The van der Waals surface area contributed by atoms with E-state index in [1.54, 1.807) is 0 Å². The molecule has 1 aliphatic rings. The zero-order valence-electron chi connectivity index (χ0n) is 12.8. The molecule has 0 radical (unpaired) electrons. The highest BCUT2D eigenvalue weighted by molar-refractivity contribution is 9.11. The van der Waals surface area contributed by atoms with Gasteiger partial charge in [0, 0.05) is 10.2 Å². The van der Waals surface area contributed by atoms with E-state index < -0.39 is 0 Å². The van der Waals surface area contributed by atoms with E-state index in [9.17, 15) is 4.79 Å². The quantitative estimate of drug-likeness (QED) is 0.709. The average Bonchev–Trinajstić information content (AvgIpc) is 2.44. The van der Waals surface area contributed by atoms with E-state index in [0.717, 1.165) is 39.5 Å². The van der Waals surface area contributed by atoms with Crippen LogP contribution in [0.3, 0.4) is 0 Å². The molecule has 4 nitrogen and oxygen atoms in total. The highest BCUT2D eigenvalue weighted by Gasteiger charge is 2.14. The first-order valence-electron chi connectivity index (χ1n) is 7.38. The Bertz CT molecular complexity index is 565. The molecule has 0 heterocycles. The van der Waals surface area contributed by atoms with Gasteiger partial charge in [0.2, 0.25) is 0 Å². The van der Waals surface area contributed by atoms with Crippen LogP contribution in [-0.2, 0) is 4.79 Å². The number of carbonyl (C=O) groups is 1. The monoisotopic (exact) mass is 430 g/mol. The van der Waals surface area contributed by atoms with Crippen LogP contribution in [0.1, 0.15) is 38.2 Å². The van der Waals surface area contributed by atoms with Gasteiger partial charge in [-0.1, -0.05) is 22.9 Å². The van der Waals surface area contributed by atoms with E-state index in [0.29, 0.717) is 11.7 Å². The summed E-state index contributed by atoms with van der Waals surface area (Å²) >= 11 is 6.86. The number of hydrogen-bond donors (Lipinski definition) is 1. The molecule has 0 aliphatic heterocycles. The summed E-state index contributed by atoms with van der Waals surface area (Å²) in [6, 6.07) is 3.84. The summed E-state index contributed by atoms with van der Waals surface area (Å²) in [4.78, 5) is 11.9. The molecule has 0 bridgehead atoms. The summed E-state index contributed by atoms with van der Waals surface area (Å²) in [7, 11) is 0. The molecule has 0 spiro atoms. The number of ether oxygens (including phenoxy) is 1. The van der Waals surface area contributed by atoms with Crippen molar-refractivity contribution in [2.45, 2.75) is 39.5 Å². The van der Waals surface area contributed by atoms with Gasteiger partial charge in [0.1, 0.15) is 5.75 Å². The number of carbonyl (C=O) groups excluding carboxylic acids is 1. The molecular formula is C16H20Br2N2O2. The molecule has 0 saturated heterocycles. The van der Waals surface area contributed by atoms with E-state index in [4.69, 9.17) is 4.74 Å². The van der Waals surface area contributed by atoms with Crippen molar-refractivity contribution in [1.82, 2.24) is 5.43 Å². The van der Waals surface area contributed by atoms with Gasteiger partial charge in [-0.25, -0.2) is 5.43 Å². The van der Waals surface area contributed by atoms with Gasteiger partial charge in [-0.3, -0.25) is 4.79 Å². The highest BCUT2D eigenvalue weighted by Crippen LogP contribution is 2.32. The highest BCUT2D eigenvalue weighted by atomic mass is 79.9. The van der Waals surface area contributed by atoms with E-state index in [1.165, 1.54) is 6.42 Å². The molecule has 120 valence electrons. The lowest BCUT2D eigenvalue weighted by Crippen LogP contribution is -2.27. The predicted octanol–water partition coefficient (Wildman–Crippen LogP) is 4.58. The molecule has 6 heteroatoms. The van der Waals surface area contributed by atoms with Crippen LogP contribution in [0.15, 0.2) is 26.2 Å². The number of nitrogens with zero attached hydrogens (tertiary/aromatic N) is 1. The Balaban J connectivity index is 1.87. The van der Waals surface area contributed by atoms with Crippen LogP contribution in [0.5, 0.6) is 5.75 Å². The van der Waals surface area contributed by atoms with Gasteiger partial charge in [-0.2, -0.15) is 5.10 Å². The lowest BCUT2D eigenvalue weighted by atomic mass is 9.89. The van der Waals surface area contributed by atoms with Crippen LogP contribution in [-0.4, -0.2) is 18.2 Å². The predicted molar refractivity (Wildman–Crippen MR) is 95.3 cm³/mol. The van der Waals surface area contributed by atoms with Crippen LogP contribution in [0.25, 0.3) is 0 Å². The molecule has 0 aromatic heterocycles. The van der Waals surface area contributed by atoms with Crippen LogP contribution in [0.4, 0.5) is 0 Å². The van der Waals surface area contributed by atoms with Gasteiger partial charge in [-0.05, 0) is 72.2 Å². The van der Waals surface area contributed by atoms with Gasteiger partial charge >= 0.3 is 0 Å². The first kappa shape index (κ1) is 17.5. The Hall–Kier alpha value is -0.880. The maximum absolute atomic E-state index is 11.9. The first-order chi connectivity index (χ1) is 10.5. The average molecular weight is 432 g/mol. The Morgan fingerprint density at radius 2 is 2.23 bits per heavy atom. The molecule has 1 aliphatic carbocycles. The van der Waals surface area contributed by atoms with Crippen LogP contribution < -0.4 is 10.2 Å². The summed E-state index contributed by atoms with van der Waals surface area (Å²) < 4.78 is 7.38. The summed E-state index contributed by atoms with van der Waals surface area (Å²) in [6.07, 6.45) is 4.34. The van der Waals surface area contributed by atoms with Gasteiger partial charge < -0.3 is 4.74 Å². The number of benzene rings is 1. The van der Waals surface area contributed by atoms with Crippen LogP contribution in [0, 0.1) is 12.8 Å². The minimum atomic E-state index is -0.236. The topological polar surface area (TPSA) is 50.7 Å². The molecule has 1 aromatic carbocycles. The molecule has 2 rings (SSSR count). The van der Waals surface area contributed by atoms with Crippen molar-refractivity contribution in [3.63, 3.8) is 0 Å². The number of hydrazone groups is 1. The number of hydrogen-bond acceptors (Lipinski definition) is 3. The Kier molecular flexibility index (Phi) is 6.44. The molecule has 1 fully saturated rings. The fourth-order valence-electron chi connectivity index (χ4n) is 2.55. The smallest absolute Gasteiger partial charge is 0.277 e. The van der Waals surface area contributed by atoms with Crippen molar-refractivity contribution in [1.29, 1.82) is 0 Å². The summed E-state index contributed by atoms with van der Waals surface area (Å²) in [6.45, 7) is 4.10. The minimum absolute atomic E-state index is 0.0482. The van der Waals surface area contributed by atoms with Crippen molar-refractivity contribution in [2.24, 2.45) is 11.0 Å². The summed E-state index contributed by atoms with van der Waals surface area (Å²) in [5.74, 6) is 1.10. The molecule has 1 aromatic rings. The molecule has 1 N–H and O–H groups in total. The van der Waals surface area contributed by atoms with Gasteiger partial charge in [-0.15, -0.1) is 0 Å². The third-order valence-electron chi connectivity index (χ3n) is 3.63. The van der Waals surface area contributed by atoms with Crippen molar-refractivity contribution in [3.8, 4) is 5.75 Å². The van der Waals surface area contributed by atoms with E-state index in [-0.39, 0.29) is 12.5 Å². The van der Waals surface area contributed by atoms with Crippen molar-refractivity contribution >= 4 is 43.5 Å². The van der Waals surface area contributed by atoms with Crippen molar-refractivity contribution in [3.05, 3.63) is 26.6 Å². The molecule has 22 heavy (non-hydrogen) atoms. The molecule has 1 saturated carbocycles. The SMILES string of the molecule is Cc1cc(Br)cc(Br)c1OCC(=O)N/N=C1\CCCC(C)C1. The largest absolute Gasteiger partial charge is 0.482 e. The zero-order valence-corrected chi connectivity index (χ0v) is 16.0. The second-order valence-corrected chi connectivity index (χ2v) is 7.51. The van der Waals surface area contributed by atoms with Crippen LogP contribution >= 0.6 is 31.9 Å². The number of halogens is 2. The second kappa shape index (κ2) is 8.11. The Morgan fingerprint density at radius 1 is 1.45 bits per heavy atom. The van der Waals surface area contributed by atoms with E-state index in [1.807, 2.05) is 19.1 Å². The van der Waals surface area contributed by atoms with Crippen LogP contribution in [0.2, 0.25) is 0 Å². The van der Waals surface area contributed by atoms with E-state index in [2.05, 4.69) is 49.3 Å². The van der Waals surface area contributed by atoms with E-state index >= 15 is 0 Å². The lowest BCUT2D eigenvalue weighted by Gasteiger charge is -2.19. The zero-order chi connectivity index (χ0) is 16.1. The molecular weight excluding hydrogens is 412 g/mol. The van der Waals surface area contributed by atoms with Gasteiger partial charge in [0.15, 0.2) is 6.61 Å². The maximum Gasteiger partial charge on any atom is 0.277 e. The number of rotatable bonds is 4. The summed E-state index contributed by atoms with van der Waals surface area (Å²) in [5.41, 5.74) is 4.63. The number of aryl methyl sites for hydroxylation is 1. The second-order valence-electron chi connectivity index (χ2n) is 5.74. The normalized spacial score (nSPS) is 20.0. The number of amides is 1. The molecule has 1 atom stereocenters. The third kappa shape index (κ3) is 5.09. The minimum Gasteiger partial charge on any atom is -0.482 e. The standard InChI is InChI=1S/C16H20Br2N2O2/c1-10-4-3-5-13(6-10)19-20-15(21)9-22-16-11(2)7-12(17)8-14(16)18/h7-8,10H,3-6,9H2,1-2H3,(H,20,21)/b19-13+. The molecule has 1 unspecified atom stereocenters. The fraction of sp³-hybridized carbons (Fsp3) is 0.500. The number of nitrogens with one attached hydrogen (secondary N) is 1. The van der Waals surface area contributed by atoms with Crippen molar-refractivity contribution in [2.75, 3.05) is 6.61 Å². The molecule has 1 amide bonds. The van der Waals surface area contributed by atoms with Gasteiger partial charge in [0.05, 0.1) is 4.47 Å². The Labute approximate surface area is 148 Å². The van der Waals surface area contributed by atoms with Crippen molar-refractivity contribution < 1.29 is 9.53 Å². The lowest BCUT2D eigenvalue weighted by molar-refractivity contribution is -0.123. The summed E-state index contributed by atoms with van der Waals surface area (Å²) in [5, 5.41) is 4.22. The first-order valence-corrected chi connectivity index (χ1v) is 8.97.